The molecule has 0 spiro atoms. The van der Waals surface area contributed by atoms with Gasteiger partial charge in [-0.25, -0.2) is 4.79 Å². The van der Waals surface area contributed by atoms with Gasteiger partial charge in [-0.3, -0.25) is 4.48 Å². The second-order valence-electron chi connectivity index (χ2n) is 9.73. The predicted molar refractivity (Wildman–Crippen MR) is 132 cm³/mol. The van der Waals surface area contributed by atoms with Crippen LogP contribution in [0.1, 0.15) is 110 Å². The van der Waals surface area contributed by atoms with E-state index in [0.717, 1.165) is 12.8 Å². The molecular formula is C26H51ClNO2+. The summed E-state index contributed by atoms with van der Waals surface area (Å²) in [5.74, 6) is -0.204. The first kappa shape index (κ1) is 29.6. The maximum absolute atomic E-state index is 13.0. The van der Waals surface area contributed by atoms with Gasteiger partial charge in [0.15, 0.2) is 0 Å². The van der Waals surface area contributed by atoms with Gasteiger partial charge in [-0.15, -0.1) is 11.6 Å². The predicted octanol–water partition coefficient (Wildman–Crippen LogP) is 7.25. The number of hydrogen-bond acceptors (Lipinski definition) is 2. The van der Waals surface area contributed by atoms with Crippen molar-refractivity contribution in [1.82, 2.24) is 0 Å². The number of aliphatic hydroxyl groups excluding tert-OH is 1. The van der Waals surface area contributed by atoms with Crippen molar-refractivity contribution in [2.24, 2.45) is 5.92 Å². The molecule has 1 amide bonds. The quantitative estimate of drug-likeness (QED) is 0.0928. The minimum atomic E-state index is -0.518. The fourth-order valence-electron chi connectivity index (χ4n) is 4.19. The molecule has 0 aliphatic carbocycles. The Morgan fingerprint density at radius 3 is 1.77 bits per heavy atom. The van der Waals surface area contributed by atoms with Gasteiger partial charge in [0.25, 0.3) is 0 Å². The van der Waals surface area contributed by atoms with Crippen molar-refractivity contribution < 1.29 is 14.4 Å². The van der Waals surface area contributed by atoms with E-state index >= 15 is 0 Å². The van der Waals surface area contributed by atoms with Crippen LogP contribution in [0.5, 0.6) is 0 Å². The third-order valence-electron chi connectivity index (χ3n) is 6.11. The summed E-state index contributed by atoms with van der Waals surface area (Å²) in [6, 6.07) is 0. The Hall–Kier alpha value is -0.380. The summed E-state index contributed by atoms with van der Waals surface area (Å²) in [5.41, 5.74) is 0. The molecule has 3 atom stereocenters. The molecule has 178 valence electrons. The van der Waals surface area contributed by atoms with Crippen LogP contribution in [-0.2, 0) is 4.79 Å². The molecule has 0 heterocycles. The van der Waals surface area contributed by atoms with Crippen molar-refractivity contribution >= 4 is 17.5 Å². The number of alkyl halides is 1. The maximum Gasteiger partial charge on any atom is 0.318 e. The summed E-state index contributed by atoms with van der Waals surface area (Å²) in [4.78, 5) is 13.0. The molecule has 0 radical (unpaired) electrons. The standard InChI is InChI=1S/C26H51ClNO2/c1-6-8-9-10-11-12-13-14-15-16-17-18-19-20-25(27)24(22-23(3)29)26(30)28(4,5)21-7-2/h7,23-25,29H,2,6,8-22H2,1,3-5H3/q+1. The highest BCUT2D eigenvalue weighted by atomic mass is 35.5. The molecule has 0 aromatic rings. The molecule has 3 unspecified atom stereocenters. The van der Waals surface area contributed by atoms with Crippen molar-refractivity contribution in [2.75, 3.05) is 20.6 Å². The second-order valence-corrected chi connectivity index (χ2v) is 10.3. The van der Waals surface area contributed by atoms with Gasteiger partial charge in [0.1, 0.15) is 6.54 Å². The maximum atomic E-state index is 13.0. The first-order chi connectivity index (χ1) is 14.3. The van der Waals surface area contributed by atoms with Crippen molar-refractivity contribution in [1.29, 1.82) is 0 Å². The topological polar surface area (TPSA) is 37.3 Å². The average Bonchev–Trinajstić information content (AvgIpc) is 2.68. The summed E-state index contributed by atoms with van der Waals surface area (Å²) in [7, 11) is 3.79. The molecule has 1 N–H and O–H groups in total. The molecule has 0 aromatic carbocycles. The lowest BCUT2D eigenvalue weighted by Gasteiger charge is -2.32. The highest BCUT2D eigenvalue weighted by Gasteiger charge is 2.38. The Morgan fingerprint density at radius 1 is 0.933 bits per heavy atom. The van der Waals surface area contributed by atoms with Crippen molar-refractivity contribution in [2.45, 2.75) is 122 Å². The molecular weight excluding hydrogens is 394 g/mol. The van der Waals surface area contributed by atoms with Gasteiger partial charge >= 0.3 is 5.91 Å². The summed E-state index contributed by atoms with van der Waals surface area (Å²) in [6.07, 6.45) is 19.8. The monoisotopic (exact) mass is 444 g/mol. The van der Waals surface area contributed by atoms with Crippen molar-refractivity contribution in [3.05, 3.63) is 12.7 Å². The fraction of sp³-hybridized carbons (Fsp3) is 0.885. The van der Waals surface area contributed by atoms with E-state index in [2.05, 4.69) is 13.5 Å². The third kappa shape index (κ3) is 14.6. The summed E-state index contributed by atoms with van der Waals surface area (Å²) >= 11 is 6.67. The number of halogens is 1. The Morgan fingerprint density at radius 2 is 1.37 bits per heavy atom. The van der Waals surface area contributed by atoms with E-state index in [4.69, 9.17) is 11.6 Å². The molecule has 3 nitrogen and oxygen atoms in total. The fourth-order valence-corrected chi connectivity index (χ4v) is 4.56. The number of quaternary nitrogens is 1. The number of carbonyl (C=O) groups is 1. The number of likely N-dealkylation sites (N-methyl/N-ethyl adjacent to an activating group) is 1. The first-order valence-corrected chi connectivity index (χ1v) is 13.0. The van der Waals surface area contributed by atoms with Gasteiger partial charge in [-0.1, -0.05) is 97.0 Å². The number of amides is 1. The Kier molecular flexibility index (Phi) is 18.0. The number of hydrogen-bond donors (Lipinski definition) is 1. The van der Waals surface area contributed by atoms with Crippen LogP contribution in [0.25, 0.3) is 0 Å². The van der Waals surface area contributed by atoms with Crippen LogP contribution >= 0.6 is 11.6 Å². The third-order valence-corrected chi connectivity index (χ3v) is 6.64. The summed E-state index contributed by atoms with van der Waals surface area (Å²) in [6.45, 7) is 8.35. The van der Waals surface area contributed by atoms with E-state index in [1.165, 1.54) is 77.0 Å². The van der Waals surface area contributed by atoms with Gasteiger partial charge in [0.05, 0.1) is 26.1 Å². The molecule has 0 aliphatic rings. The molecule has 0 saturated heterocycles. The van der Waals surface area contributed by atoms with E-state index < -0.39 is 6.10 Å². The van der Waals surface area contributed by atoms with E-state index in [0.29, 0.717) is 13.0 Å². The minimum Gasteiger partial charge on any atom is -0.393 e. The number of rotatable bonds is 20. The molecule has 4 heteroatoms. The summed E-state index contributed by atoms with van der Waals surface area (Å²) in [5, 5.41) is 9.66. The minimum absolute atomic E-state index is 0.102. The van der Waals surface area contributed by atoms with Crippen LogP contribution in [0.3, 0.4) is 0 Å². The van der Waals surface area contributed by atoms with Crippen LogP contribution in [0.4, 0.5) is 0 Å². The lowest BCUT2D eigenvalue weighted by atomic mass is 9.92. The van der Waals surface area contributed by atoms with Crippen molar-refractivity contribution in [3.63, 3.8) is 0 Å². The number of unbranched alkanes of at least 4 members (excludes halogenated alkanes) is 12. The van der Waals surface area contributed by atoms with Gasteiger partial charge in [-0.05, 0) is 25.8 Å². The Labute approximate surface area is 192 Å². The molecule has 0 bridgehead atoms. The average molecular weight is 445 g/mol. The Balaban J connectivity index is 4.00. The van der Waals surface area contributed by atoms with Crippen LogP contribution in [-0.4, -0.2) is 47.6 Å². The van der Waals surface area contributed by atoms with E-state index in [9.17, 15) is 9.90 Å². The van der Waals surface area contributed by atoms with Gasteiger partial charge in [-0.2, -0.15) is 0 Å². The molecule has 0 aromatic heterocycles. The highest BCUT2D eigenvalue weighted by molar-refractivity contribution is 6.21. The normalized spacial score (nSPS) is 15.0. The van der Waals surface area contributed by atoms with Crippen LogP contribution in [0.2, 0.25) is 0 Å². The number of carbonyl (C=O) groups excluding carboxylic acids is 1. The smallest absolute Gasteiger partial charge is 0.318 e. The number of aliphatic hydroxyl groups is 1. The second kappa shape index (κ2) is 18.2. The molecule has 30 heavy (non-hydrogen) atoms. The van der Waals surface area contributed by atoms with Gasteiger partial charge < -0.3 is 5.11 Å². The zero-order valence-corrected chi connectivity index (χ0v) is 21.3. The molecule has 0 fully saturated rings. The molecule has 0 aliphatic heterocycles. The zero-order chi connectivity index (χ0) is 22.8. The highest BCUT2D eigenvalue weighted by Crippen LogP contribution is 2.26. The van der Waals surface area contributed by atoms with E-state index in [1.54, 1.807) is 13.0 Å². The lowest BCUT2D eigenvalue weighted by molar-refractivity contribution is -0.809. The largest absolute Gasteiger partial charge is 0.393 e. The van der Waals surface area contributed by atoms with Crippen LogP contribution in [0, 0.1) is 5.92 Å². The zero-order valence-electron chi connectivity index (χ0n) is 20.5. The van der Waals surface area contributed by atoms with Crippen molar-refractivity contribution in [3.8, 4) is 0 Å². The van der Waals surface area contributed by atoms with E-state index in [-0.39, 0.29) is 21.7 Å². The van der Waals surface area contributed by atoms with Gasteiger partial charge in [0.2, 0.25) is 0 Å². The SMILES string of the molecule is C=CC[N+](C)(C)C(=O)C(CC(C)O)C(Cl)CCCCCCCCCCCCCCC. The van der Waals surface area contributed by atoms with Gasteiger partial charge in [0, 0.05) is 5.38 Å². The number of nitrogens with zero attached hydrogens (tertiary/aromatic N) is 1. The van der Waals surface area contributed by atoms with Crippen LogP contribution < -0.4 is 0 Å². The molecule has 0 saturated carbocycles. The van der Waals surface area contributed by atoms with E-state index in [1.807, 2.05) is 14.1 Å². The first-order valence-electron chi connectivity index (χ1n) is 12.6. The lowest BCUT2D eigenvalue weighted by Crippen LogP contribution is -2.51. The summed E-state index contributed by atoms with van der Waals surface area (Å²) < 4.78 is 0.239. The van der Waals surface area contributed by atoms with Crippen LogP contribution in [0.15, 0.2) is 12.7 Å². The Bertz CT molecular complexity index is 437. The molecule has 0 rings (SSSR count).